The maximum atomic E-state index is 12.4. The Morgan fingerprint density at radius 2 is 1.55 bits per heavy atom. The lowest BCUT2D eigenvalue weighted by molar-refractivity contribution is -0.151. The second-order valence-corrected chi connectivity index (χ2v) is 8.28. The zero-order chi connectivity index (χ0) is 20.7. The number of rotatable bonds is 13. The first kappa shape index (κ1) is 23.4. The third-order valence-corrected chi connectivity index (χ3v) is 5.89. The molecule has 0 aliphatic carbocycles. The third-order valence-electron chi connectivity index (χ3n) is 5.89. The second-order valence-electron chi connectivity index (χ2n) is 8.28. The summed E-state index contributed by atoms with van der Waals surface area (Å²) in [6.07, 6.45) is 12.7. The fourth-order valence-electron chi connectivity index (χ4n) is 3.95. The van der Waals surface area contributed by atoms with Crippen molar-refractivity contribution in [1.29, 1.82) is 0 Å². The summed E-state index contributed by atoms with van der Waals surface area (Å²) in [5.74, 6) is 0.0890. The minimum atomic E-state index is -0.0654. The third kappa shape index (κ3) is 9.47. The van der Waals surface area contributed by atoms with Crippen molar-refractivity contribution >= 4 is 11.9 Å². The van der Waals surface area contributed by atoms with Gasteiger partial charge in [-0.25, -0.2) is 0 Å². The van der Waals surface area contributed by atoms with Gasteiger partial charge >= 0.3 is 5.97 Å². The molecule has 0 spiro atoms. The number of ether oxygens (including phenoxy) is 1. The van der Waals surface area contributed by atoms with Crippen molar-refractivity contribution in [3.8, 4) is 0 Å². The Balaban J connectivity index is 1.51. The van der Waals surface area contributed by atoms with Crippen LogP contribution in [0.4, 0.5) is 0 Å². The number of hydrogen-bond donors (Lipinski definition) is 0. The van der Waals surface area contributed by atoms with Crippen LogP contribution in [-0.4, -0.2) is 36.5 Å². The Bertz CT molecular complexity index is 579. The molecule has 1 saturated heterocycles. The fraction of sp³-hybridized carbons (Fsp3) is 0.680. The molecular formula is C25H39NO3. The molecule has 0 N–H and O–H groups in total. The number of carbonyl (C=O) groups excluding carboxylic acids is 2. The van der Waals surface area contributed by atoms with Crippen molar-refractivity contribution in [3.05, 3.63) is 35.9 Å². The Morgan fingerprint density at radius 1 is 0.931 bits per heavy atom. The van der Waals surface area contributed by atoms with E-state index < -0.39 is 0 Å². The molecule has 0 bridgehead atoms. The van der Waals surface area contributed by atoms with Crippen LogP contribution in [-0.2, 0) is 20.7 Å². The first-order valence-corrected chi connectivity index (χ1v) is 11.7. The van der Waals surface area contributed by atoms with E-state index in [-0.39, 0.29) is 17.8 Å². The number of amides is 1. The highest BCUT2D eigenvalue weighted by Crippen LogP contribution is 2.20. The van der Waals surface area contributed by atoms with Crippen LogP contribution in [0.15, 0.2) is 30.3 Å². The maximum Gasteiger partial charge on any atom is 0.309 e. The van der Waals surface area contributed by atoms with Crippen molar-refractivity contribution < 1.29 is 14.3 Å². The van der Waals surface area contributed by atoms with Crippen LogP contribution in [0.3, 0.4) is 0 Å². The highest BCUT2D eigenvalue weighted by Gasteiger charge is 2.28. The van der Waals surface area contributed by atoms with Crippen LogP contribution in [0.2, 0.25) is 0 Å². The quantitative estimate of drug-likeness (QED) is 0.322. The molecule has 0 saturated carbocycles. The fourth-order valence-corrected chi connectivity index (χ4v) is 3.95. The summed E-state index contributed by atoms with van der Waals surface area (Å²) in [6, 6.07) is 10.1. The lowest BCUT2D eigenvalue weighted by Gasteiger charge is -2.31. The van der Waals surface area contributed by atoms with Crippen molar-refractivity contribution in [2.24, 2.45) is 5.92 Å². The maximum absolute atomic E-state index is 12.4. The summed E-state index contributed by atoms with van der Waals surface area (Å²) in [7, 11) is 0. The van der Waals surface area contributed by atoms with Crippen molar-refractivity contribution in [3.63, 3.8) is 0 Å². The highest BCUT2D eigenvalue weighted by atomic mass is 16.5. The number of hydrogen-bond acceptors (Lipinski definition) is 3. The van der Waals surface area contributed by atoms with E-state index in [2.05, 4.69) is 19.1 Å². The molecule has 29 heavy (non-hydrogen) atoms. The number of unbranched alkanes of at least 4 members (excludes halogenated alkanes) is 7. The molecule has 1 fully saturated rings. The predicted octanol–water partition coefficient (Wildman–Crippen LogP) is 5.54. The van der Waals surface area contributed by atoms with Gasteiger partial charge in [0, 0.05) is 19.5 Å². The van der Waals surface area contributed by atoms with Crippen LogP contribution in [0.25, 0.3) is 0 Å². The Morgan fingerprint density at radius 3 is 2.21 bits per heavy atom. The van der Waals surface area contributed by atoms with Gasteiger partial charge in [-0.2, -0.15) is 0 Å². The normalized spacial score (nSPS) is 14.7. The predicted molar refractivity (Wildman–Crippen MR) is 118 cm³/mol. The first-order chi connectivity index (χ1) is 14.2. The Labute approximate surface area is 177 Å². The van der Waals surface area contributed by atoms with Crippen LogP contribution < -0.4 is 0 Å². The molecule has 0 aromatic heterocycles. The van der Waals surface area contributed by atoms with Gasteiger partial charge in [0.15, 0.2) is 0 Å². The van der Waals surface area contributed by atoms with Crippen LogP contribution in [0, 0.1) is 5.92 Å². The van der Waals surface area contributed by atoms with Gasteiger partial charge in [0.05, 0.1) is 12.5 Å². The average molecular weight is 402 g/mol. The zero-order valence-electron chi connectivity index (χ0n) is 18.2. The van der Waals surface area contributed by atoms with Crippen LogP contribution in [0.1, 0.15) is 83.1 Å². The van der Waals surface area contributed by atoms with E-state index >= 15 is 0 Å². The smallest absolute Gasteiger partial charge is 0.309 e. The summed E-state index contributed by atoms with van der Waals surface area (Å²) < 4.78 is 5.49. The van der Waals surface area contributed by atoms with Crippen LogP contribution >= 0.6 is 0 Å². The average Bonchev–Trinajstić information content (AvgIpc) is 2.77. The van der Waals surface area contributed by atoms with Gasteiger partial charge in [0.2, 0.25) is 5.91 Å². The molecular weight excluding hydrogens is 362 g/mol. The molecule has 0 radical (unpaired) electrons. The summed E-state index contributed by atoms with van der Waals surface area (Å²) >= 11 is 0. The van der Waals surface area contributed by atoms with E-state index in [9.17, 15) is 9.59 Å². The number of piperidine rings is 1. The zero-order valence-corrected chi connectivity index (χ0v) is 18.2. The molecule has 0 unspecified atom stereocenters. The van der Waals surface area contributed by atoms with Crippen LogP contribution in [0.5, 0.6) is 0 Å². The van der Waals surface area contributed by atoms with Gasteiger partial charge in [-0.1, -0.05) is 82.2 Å². The molecule has 1 amide bonds. The van der Waals surface area contributed by atoms with Crippen molar-refractivity contribution in [2.45, 2.75) is 84.0 Å². The number of nitrogens with zero attached hydrogens (tertiary/aromatic N) is 1. The SMILES string of the molecule is CCCCCCCCCCOC(=O)C1CCN(C(=O)CCc2ccccc2)CC1. The molecule has 1 aromatic rings. The van der Waals surface area contributed by atoms with E-state index in [1.54, 1.807) is 0 Å². The largest absolute Gasteiger partial charge is 0.465 e. The summed E-state index contributed by atoms with van der Waals surface area (Å²) in [6.45, 7) is 4.13. The van der Waals surface area contributed by atoms with Crippen molar-refractivity contribution in [1.82, 2.24) is 4.90 Å². The van der Waals surface area contributed by atoms with Gasteiger partial charge in [-0.15, -0.1) is 0 Å². The Hall–Kier alpha value is -1.84. The van der Waals surface area contributed by atoms with Gasteiger partial charge < -0.3 is 9.64 Å². The van der Waals surface area contributed by atoms with Gasteiger partial charge in [-0.05, 0) is 31.2 Å². The van der Waals surface area contributed by atoms with Crippen molar-refractivity contribution in [2.75, 3.05) is 19.7 Å². The first-order valence-electron chi connectivity index (χ1n) is 11.7. The second kappa shape index (κ2) is 14.2. The molecule has 162 valence electrons. The van der Waals surface area contributed by atoms with E-state index in [0.29, 0.717) is 26.1 Å². The summed E-state index contributed by atoms with van der Waals surface area (Å²) in [5.41, 5.74) is 1.19. The lowest BCUT2D eigenvalue weighted by Crippen LogP contribution is -2.40. The topological polar surface area (TPSA) is 46.6 Å². The number of benzene rings is 1. The standard InChI is InChI=1S/C25H39NO3/c1-2-3-4-5-6-7-8-12-21-29-25(28)23-17-19-26(20-18-23)24(27)16-15-22-13-10-9-11-14-22/h9-11,13-14,23H,2-8,12,15-21H2,1H3. The molecule has 1 heterocycles. The van der Waals surface area contributed by atoms with Gasteiger partial charge in [-0.3, -0.25) is 9.59 Å². The number of aryl methyl sites for hydroxylation is 1. The van der Waals surface area contributed by atoms with E-state index in [1.807, 2.05) is 23.1 Å². The molecule has 1 aromatic carbocycles. The van der Waals surface area contributed by atoms with E-state index in [0.717, 1.165) is 32.1 Å². The van der Waals surface area contributed by atoms with E-state index in [4.69, 9.17) is 4.74 Å². The van der Waals surface area contributed by atoms with Gasteiger partial charge in [0.1, 0.15) is 0 Å². The van der Waals surface area contributed by atoms with E-state index in [1.165, 1.54) is 44.1 Å². The molecule has 1 aliphatic heterocycles. The minimum Gasteiger partial charge on any atom is -0.465 e. The molecule has 4 nitrogen and oxygen atoms in total. The highest BCUT2D eigenvalue weighted by molar-refractivity contribution is 5.77. The summed E-state index contributed by atoms with van der Waals surface area (Å²) in [5, 5.41) is 0. The Kier molecular flexibility index (Phi) is 11.5. The monoisotopic (exact) mass is 401 g/mol. The molecule has 0 atom stereocenters. The molecule has 4 heteroatoms. The van der Waals surface area contributed by atoms with Gasteiger partial charge in [0.25, 0.3) is 0 Å². The number of carbonyl (C=O) groups is 2. The minimum absolute atomic E-state index is 0.0396. The number of esters is 1. The lowest BCUT2D eigenvalue weighted by atomic mass is 9.96. The summed E-state index contributed by atoms with van der Waals surface area (Å²) in [4.78, 5) is 26.6. The molecule has 1 aliphatic rings. The molecule has 2 rings (SSSR count). The number of likely N-dealkylation sites (tertiary alicyclic amines) is 1.